The van der Waals surface area contributed by atoms with E-state index in [1.807, 2.05) is 54.5 Å². The molecule has 0 radical (unpaired) electrons. The molecule has 3 N–H and O–H groups in total. The van der Waals surface area contributed by atoms with Crippen LogP contribution in [0.25, 0.3) is 0 Å². The Morgan fingerprint density at radius 1 is 1.03 bits per heavy atom. The molecule has 0 spiro atoms. The molecule has 2 aromatic carbocycles. The second-order valence-corrected chi connectivity index (χ2v) is 10.3. The number of rotatable bonds is 5. The summed E-state index contributed by atoms with van der Waals surface area (Å²) in [4.78, 5) is 37.6. The van der Waals surface area contributed by atoms with Crippen molar-refractivity contribution in [1.82, 2.24) is 5.32 Å². The zero-order chi connectivity index (χ0) is 24.5. The number of amides is 1. The Hall–Kier alpha value is -3.42. The zero-order valence-corrected chi connectivity index (χ0v) is 19.8. The van der Waals surface area contributed by atoms with E-state index in [0.29, 0.717) is 11.3 Å². The van der Waals surface area contributed by atoms with Crippen molar-refractivity contribution in [1.29, 1.82) is 0 Å². The lowest BCUT2D eigenvalue weighted by Gasteiger charge is -2.31. The van der Waals surface area contributed by atoms with Gasteiger partial charge in [-0.2, -0.15) is 0 Å². The monoisotopic (exact) mass is 453 g/mol. The van der Waals surface area contributed by atoms with Crippen LogP contribution in [0.3, 0.4) is 0 Å². The number of benzene rings is 1. The molecule has 0 saturated carbocycles. The van der Waals surface area contributed by atoms with Gasteiger partial charge in [0, 0.05) is 0 Å². The first-order chi connectivity index (χ1) is 15.2. The van der Waals surface area contributed by atoms with Crippen molar-refractivity contribution in [2.24, 2.45) is 5.41 Å². The number of nitrogens with one attached hydrogen (secondary N) is 3. The van der Waals surface area contributed by atoms with Crippen LogP contribution in [0, 0.1) is 25.1 Å². The fourth-order valence-corrected chi connectivity index (χ4v) is 4.25. The molecule has 1 aromatic heterocycles. The SMILES string of the molecule is Cc1cc([C@H](Nc2c(Nc3c(F)ccc4c3C(=O)NC4(C)C)c(=O)c2=O)C(C)(C)C)oc1C. The molecule has 1 aliphatic heterocycles. The van der Waals surface area contributed by atoms with E-state index < -0.39 is 34.2 Å². The average Bonchev–Trinajstić information content (AvgIpc) is 3.15. The maximum absolute atomic E-state index is 14.8. The molecule has 1 amide bonds. The molecule has 3 aromatic rings. The molecule has 4 rings (SSSR count). The summed E-state index contributed by atoms with van der Waals surface area (Å²) in [7, 11) is 0. The van der Waals surface area contributed by atoms with E-state index in [0.717, 1.165) is 11.3 Å². The van der Waals surface area contributed by atoms with E-state index in [1.54, 1.807) is 6.07 Å². The fourth-order valence-electron chi connectivity index (χ4n) is 4.25. The summed E-state index contributed by atoms with van der Waals surface area (Å²) in [6, 6.07) is 4.26. The Morgan fingerprint density at radius 3 is 2.24 bits per heavy atom. The number of hydrogen-bond donors (Lipinski definition) is 3. The number of halogens is 1. The smallest absolute Gasteiger partial charge is 0.254 e. The van der Waals surface area contributed by atoms with Gasteiger partial charge in [0.25, 0.3) is 16.8 Å². The van der Waals surface area contributed by atoms with Gasteiger partial charge < -0.3 is 20.4 Å². The van der Waals surface area contributed by atoms with Gasteiger partial charge in [0.1, 0.15) is 28.7 Å². The largest absolute Gasteiger partial charge is 0.464 e. The third kappa shape index (κ3) is 3.63. The second kappa shape index (κ2) is 7.30. The lowest BCUT2D eigenvalue weighted by Crippen LogP contribution is -2.39. The van der Waals surface area contributed by atoms with E-state index in [1.165, 1.54) is 6.07 Å². The molecule has 0 saturated heterocycles. The third-order valence-electron chi connectivity index (χ3n) is 6.27. The summed E-state index contributed by atoms with van der Waals surface area (Å²) in [5, 5.41) is 8.70. The number of carbonyl (C=O) groups is 1. The Morgan fingerprint density at radius 2 is 1.67 bits per heavy atom. The molecule has 0 bridgehead atoms. The summed E-state index contributed by atoms with van der Waals surface area (Å²) >= 11 is 0. The van der Waals surface area contributed by atoms with Gasteiger partial charge in [-0.05, 0) is 56.4 Å². The minimum Gasteiger partial charge on any atom is -0.464 e. The highest BCUT2D eigenvalue weighted by Gasteiger charge is 2.39. The Balaban J connectivity index is 1.75. The van der Waals surface area contributed by atoms with Crippen molar-refractivity contribution < 1.29 is 13.6 Å². The maximum Gasteiger partial charge on any atom is 0.254 e. The molecule has 33 heavy (non-hydrogen) atoms. The molecular weight excluding hydrogens is 425 g/mol. The summed E-state index contributed by atoms with van der Waals surface area (Å²) in [6.07, 6.45) is 0. The Kier molecular flexibility index (Phi) is 5.03. The number of hydrogen-bond acceptors (Lipinski definition) is 6. The molecule has 0 unspecified atom stereocenters. The molecule has 0 aliphatic carbocycles. The van der Waals surface area contributed by atoms with Crippen LogP contribution in [-0.4, -0.2) is 5.91 Å². The van der Waals surface area contributed by atoms with Gasteiger partial charge in [-0.3, -0.25) is 14.4 Å². The Labute approximate surface area is 191 Å². The van der Waals surface area contributed by atoms with Gasteiger partial charge in [0.2, 0.25) is 0 Å². The standard InChI is InChI=1S/C25H28FN3O4/c1-11-10-15(33-12(11)2)22(24(3,4)5)28-19-18(20(30)21(19)31)27-17-14(26)9-8-13-16(17)23(32)29-25(13,6)7/h8-10,22,27-28H,1-7H3,(H,29,32)/t22-/m0/s1. The van der Waals surface area contributed by atoms with Gasteiger partial charge in [-0.25, -0.2) is 4.39 Å². The van der Waals surface area contributed by atoms with E-state index in [4.69, 9.17) is 4.42 Å². The van der Waals surface area contributed by atoms with Crippen molar-refractivity contribution in [3.8, 4) is 0 Å². The van der Waals surface area contributed by atoms with E-state index in [2.05, 4.69) is 16.0 Å². The maximum atomic E-state index is 14.8. The summed E-state index contributed by atoms with van der Waals surface area (Å²) in [6.45, 7) is 13.3. The second-order valence-electron chi connectivity index (χ2n) is 10.3. The zero-order valence-electron chi connectivity index (χ0n) is 19.8. The van der Waals surface area contributed by atoms with Crippen LogP contribution >= 0.6 is 0 Å². The molecule has 7 nitrogen and oxygen atoms in total. The molecular formula is C25H28FN3O4. The molecule has 8 heteroatoms. The quantitative estimate of drug-likeness (QED) is 0.490. The van der Waals surface area contributed by atoms with Crippen molar-refractivity contribution >= 4 is 23.0 Å². The van der Waals surface area contributed by atoms with E-state index in [9.17, 15) is 18.8 Å². The van der Waals surface area contributed by atoms with Crippen molar-refractivity contribution in [2.75, 3.05) is 10.6 Å². The minimum atomic E-state index is -0.772. The molecule has 1 aliphatic rings. The Bertz CT molecular complexity index is 1330. The molecule has 2 heterocycles. The molecule has 1 atom stereocenters. The first kappa shape index (κ1) is 22.8. The van der Waals surface area contributed by atoms with E-state index >= 15 is 0 Å². The predicted octanol–water partition coefficient (Wildman–Crippen LogP) is 4.55. The normalized spacial score (nSPS) is 15.9. The summed E-state index contributed by atoms with van der Waals surface area (Å²) in [5.74, 6) is 0.258. The van der Waals surface area contributed by atoms with Gasteiger partial charge >= 0.3 is 0 Å². The number of anilines is 3. The predicted molar refractivity (Wildman–Crippen MR) is 126 cm³/mol. The van der Waals surface area contributed by atoms with Crippen LogP contribution in [-0.2, 0) is 5.54 Å². The first-order valence-corrected chi connectivity index (χ1v) is 10.8. The van der Waals surface area contributed by atoms with Crippen LogP contribution in [0.1, 0.15) is 73.7 Å². The van der Waals surface area contributed by atoms with Crippen LogP contribution in [0.4, 0.5) is 21.5 Å². The van der Waals surface area contributed by atoms with Crippen LogP contribution < -0.4 is 26.8 Å². The van der Waals surface area contributed by atoms with Crippen LogP contribution in [0.2, 0.25) is 0 Å². The topological polar surface area (TPSA) is 100 Å². The minimum absolute atomic E-state index is 0.0429. The number of carbonyl (C=O) groups excluding carboxylic acids is 1. The van der Waals surface area contributed by atoms with Gasteiger partial charge in [-0.15, -0.1) is 0 Å². The lowest BCUT2D eigenvalue weighted by atomic mass is 9.84. The van der Waals surface area contributed by atoms with E-state index in [-0.39, 0.29) is 28.0 Å². The molecule has 0 fully saturated rings. The highest BCUT2D eigenvalue weighted by atomic mass is 19.1. The van der Waals surface area contributed by atoms with Crippen molar-refractivity contribution in [3.05, 3.63) is 72.7 Å². The number of furan rings is 1. The number of aryl methyl sites for hydroxylation is 2. The third-order valence-corrected chi connectivity index (χ3v) is 6.27. The first-order valence-electron chi connectivity index (χ1n) is 10.8. The molecule has 174 valence electrons. The fraction of sp³-hybridized carbons (Fsp3) is 0.400. The van der Waals surface area contributed by atoms with Gasteiger partial charge in [0.15, 0.2) is 0 Å². The number of fused-ring (bicyclic) bond motifs is 1. The van der Waals surface area contributed by atoms with Crippen LogP contribution in [0.15, 0.2) is 32.2 Å². The van der Waals surface area contributed by atoms with Crippen molar-refractivity contribution in [2.45, 2.75) is 60.0 Å². The highest BCUT2D eigenvalue weighted by molar-refractivity contribution is 6.06. The van der Waals surface area contributed by atoms with Gasteiger partial charge in [0.05, 0.1) is 22.8 Å². The van der Waals surface area contributed by atoms with Crippen molar-refractivity contribution in [3.63, 3.8) is 0 Å². The summed E-state index contributed by atoms with van der Waals surface area (Å²) in [5.41, 5.74) is -0.976. The highest BCUT2D eigenvalue weighted by Crippen LogP contribution is 2.40. The average molecular weight is 454 g/mol. The van der Waals surface area contributed by atoms with Gasteiger partial charge in [-0.1, -0.05) is 26.8 Å². The lowest BCUT2D eigenvalue weighted by molar-refractivity contribution is 0.0940. The van der Waals surface area contributed by atoms with Crippen LogP contribution in [0.5, 0.6) is 0 Å². The summed E-state index contributed by atoms with van der Waals surface area (Å²) < 4.78 is 20.7.